The van der Waals surface area contributed by atoms with Crippen molar-refractivity contribution < 1.29 is 0 Å². The van der Waals surface area contributed by atoms with Crippen molar-refractivity contribution in [1.82, 2.24) is 9.55 Å². The van der Waals surface area contributed by atoms with Crippen LogP contribution in [0.1, 0.15) is 30.1 Å². The van der Waals surface area contributed by atoms with E-state index in [4.69, 9.17) is 11.6 Å². The maximum Gasteiger partial charge on any atom is 0.0949 e. The smallest absolute Gasteiger partial charge is 0.0949 e. The van der Waals surface area contributed by atoms with E-state index in [1.807, 2.05) is 17.9 Å². The Bertz CT molecular complexity index is 263. The van der Waals surface area contributed by atoms with Crippen LogP contribution < -0.4 is 0 Å². The second-order valence-corrected chi connectivity index (χ2v) is 3.36. The van der Waals surface area contributed by atoms with Gasteiger partial charge in [0.05, 0.1) is 23.6 Å². The number of aromatic nitrogens is 2. The lowest BCUT2D eigenvalue weighted by molar-refractivity contribution is 0.857. The van der Waals surface area contributed by atoms with Crippen LogP contribution in [0, 0.1) is 0 Å². The zero-order valence-electron chi connectivity index (χ0n) is 6.55. The summed E-state index contributed by atoms with van der Waals surface area (Å²) >= 11 is 5.79. The number of hydrogen-bond donors (Lipinski definition) is 0. The molecule has 1 heterocycles. The second-order valence-electron chi connectivity index (χ2n) is 3.10. The number of alkyl halides is 1. The molecule has 0 N–H and O–H groups in total. The second kappa shape index (κ2) is 2.52. The van der Waals surface area contributed by atoms with E-state index in [9.17, 15) is 0 Å². The van der Waals surface area contributed by atoms with Gasteiger partial charge in [0.15, 0.2) is 0 Å². The predicted octanol–water partition coefficient (Wildman–Crippen LogP) is 2.04. The molecule has 1 aromatic heterocycles. The first kappa shape index (κ1) is 7.17. The van der Waals surface area contributed by atoms with Crippen molar-refractivity contribution in [2.45, 2.75) is 24.6 Å². The number of nitrogens with zero attached hydrogens (tertiary/aromatic N) is 2. The molecular formula is C8H11ClN2. The minimum Gasteiger partial charge on any atom is -0.336 e. The Morgan fingerprint density at radius 2 is 2.45 bits per heavy atom. The van der Waals surface area contributed by atoms with Gasteiger partial charge in [-0.1, -0.05) is 0 Å². The minimum absolute atomic E-state index is 0.586. The van der Waals surface area contributed by atoms with Crippen LogP contribution in [-0.4, -0.2) is 9.55 Å². The van der Waals surface area contributed by atoms with Crippen molar-refractivity contribution in [2.24, 2.45) is 7.05 Å². The molecule has 0 unspecified atom stereocenters. The monoisotopic (exact) mass is 170 g/mol. The molecule has 2 nitrogen and oxygen atoms in total. The Morgan fingerprint density at radius 1 is 1.73 bits per heavy atom. The Kier molecular flexibility index (Phi) is 1.64. The van der Waals surface area contributed by atoms with Crippen molar-refractivity contribution >= 4 is 11.6 Å². The van der Waals surface area contributed by atoms with E-state index in [-0.39, 0.29) is 0 Å². The summed E-state index contributed by atoms with van der Waals surface area (Å²) in [6, 6.07) is 0. The summed E-state index contributed by atoms with van der Waals surface area (Å²) in [5, 5.41) is 0. The molecule has 0 amide bonds. The Morgan fingerprint density at radius 3 is 3.00 bits per heavy atom. The maximum absolute atomic E-state index is 5.79. The van der Waals surface area contributed by atoms with Crippen LogP contribution in [-0.2, 0) is 12.9 Å². The molecular weight excluding hydrogens is 160 g/mol. The van der Waals surface area contributed by atoms with Gasteiger partial charge in [-0.05, 0) is 12.8 Å². The number of rotatable bonds is 2. The highest BCUT2D eigenvalue weighted by Crippen LogP contribution is 2.40. The summed E-state index contributed by atoms with van der Waals surface area (Å²) in [5.74, 6) is 1.30. The van der Waals surface area contributed by atoms with Gasteiger partial charge in [-0.3, -0.25) is 0 Å². The topological polar surface area (TPSA) is 17.8 Å². The molecule has 0 spiro atoms. The quantitative estimate of drug-likeness (QED) is 0.622. The highest BCUT2D eigenvalue weighted by Gasteiger charge is 2.28. The molecule has 1 aliphatic rings. The van der Waals surface area contributed by atoms with E-state index in [1.165, 1.54) is 24.2 Å². The Balaban J connectivity index is 2.36. The van der Waals surface area contributed by atoms with Crippen LogP contribution in [0.4, 0.5) is 0 Å². The minimum atomic E-state index is 0.586. The third-order valence-electron chi connectivity index (χ3n) is 2.18. The molecule has 0 aromatic carbocycles. The average Bonchev–Trinajstić information content (AvgIpc) is 2.76. The van der Waals surface area contributed by atoms with Crippen LogP contribution in [0.3, 0.4) is 0 Å². The van der Waals surface area contributed by atoms with Gasteiger partial charge >= 0.3 is 0 Å². The zero-order chi connectivity index (χ0) is 7.84. The first-order chi connectivity index (χ1) is 5.33. The van der Waals surface area contributed by atoms with Gasteiger partial charge in [0.1, 0.15) is 0 Å². The summed E-state index contributed by atoms with van der Waals surface area (Å²) in [4.78, 5) is 4.33. The molecule has 11 heavy (non-hydrogen) atoms. The molecule has 60 valence electrons. The lowest BCUT2D eigenvalue weighted by atomic mass is 10.2. The van der Waals surface area contributed by atoms with Gasteiger partial charge in [-0.2, -0.15) is 0 Å². The standard InChI is InChI=1S/C8H11ClN2/c1-11-5-10-8(6-2-3-6)7(11)4-9/h5-6H,2-4H2,1H3. The summed E-state index contributed by atoms with van der Waals surface area (Å²) in [5.41, 5.74) is 2.41. The Hall–Kier alpha value is -0.500. The van der Waals surface area contributed by atoms with Gasteiger partial charge in [-0.15, -0.1) is 11.6 Å². The van der Waals surface area contributed by atoms with Crippen molar-refractivity contribution in [2.75, 3.05) is 0 Å². The first-order valence-electron chi connectivity index (χ1n) is 3.89. The largest absolute Gasteiger partial charge is 0.336 e. The SMILES string of the molecule is Cn1cnc(C2CC2)c1CCl. The lowest BCUT2D eigenvalue weighted by Crippen LogP contribution is -1.94. The maximum atomic E-state index is 5.79. The fourth-order valence-corrected chi connectivity index (χ4v) is 1.66. The van der Waals surface area contributed by atoms with Crippen molar-refractivity contribution in [3.8, 4) is 0 Å². The van der Waals surface area contributed by atoms with E-state index in [1.54, 1.807) is 0 Å². The summed E-state index contributed by atoms with van der Waals surface area (Å²) in [6.07, 6.45) is 4.44. The zero-order valence-corrected chi connectivity index (χ0v) is 7.30. The van der Waals surface area contributed by atoms with E-state index >= 15 is 0 Å². The third kappa shape index (κ3) is 1.16. The third-order valence-corrected chi connectivity index (χ3v) is 2.44. The van der Waals surface area contributed by atoms with E-state index in [2.05, 4.69) is 4.98 Å². The van der Waals surface area contributed by atoms with Crippen LogP contribution in [0.25, 0.3) is 0 Å². The van der Waals surface area contributed by atoms with Gasteiger partial charge in [0.25, 0.3) is 0 Å². The van der Waals surface area contributed by atoms with Crippen LogP contribution in [0.5, 0.6) is 0 Å². The highest BCUT2D eigenvalue weighted by atomic mass is 35.5. The fraction of sp³-hybridized carbons (Fsp3) is 0.625. The molecule has 0 bridgehead atoms. The van der Waals surface area contributed by atoms with Crippen LogP contribution in [0.2, 0.25) is 0 Å². The molecule has 0 atom stereocenters. The van der Waals surface area contributed by atoms with Crippen molar-refractivity contribution in [3.63, 3.8) is 0 Å². The molecule has 0 radical (unpaired) electrons. The van der Waals surface area contributed by atoms with Crippen molar-refractivity contribution in [1.29, 1.82) is 0 Å². The van der Waals surface area contributed by atoms with E-state index in [0.717, 1.165) is 0 Å². The van der Waals surface area contributed by atoms with Crippen LogP contribution in [0.15, 0.2) is 6.33 Å². The molecule has 0 aliphatic heterocycles. The molecule has 1 saturated carbocycles. The number of halogens is 1. The fourth-order valence-electron chi connectivity index (χ4n) is 1.33. The normalized spacial score (nSPS) is 17.3. The molecule has 1 aliphatic carbocycles. The van der Waals surface area contributed by atoms with Gasteiger partial charge in [0.2, 0.25) is 0 Å². The Labute approximate surface area is 71.2 Å². The first-order valence-corrected chi connectivity index (χ1v) is 4.42. The molecule has 3 heteroatoms. The molecule has 0 saturated heterocycles. The van der Waals surface area contributed by atoms with E-state index < -0.39 is 0 Å². The summed E-state index contributed by atoms with van der Waals surface area (Å²) in [7, 11) is 2.00. The molecule has 2 rings (SSSR count). The summed E-state index contributed by atoms with van der Waals surface area (Å²) < 4.78 is 2.01. The molecule has 1 aromatic rings. The lowest BCUT2D eigenvalue weighted by Gasteiger charge is -1.98. The number of aryl methyl sites for hydroxylation is 1. The van der Waals surface area contributed by atoms with Crippen molar-refractivity contribution in [3.05, 3.63) is 17.7 Å². The average molecular weight is 171 g/mol. The predicted molar refractivity (Wildman–Crippen MR) is 44.7 cm³/mol. The van der Waals surface area contributed by atoms with Gasteiger partial charge < -0.3 is 4.57 Å². The summed E-state index contributed by atoms with van der Waals surface area (Å²) in [6.45, 7) is 0. The van der Waals surface area contributed by atoms with E-state index in [0.29, 0.717) is 11.8 Å². The number of hydrogen-bond acceptors (Lipinski definition) is 1. The van der Waals surface area contributed by atoms with Crippen LogP contribution >= 0.6 is 11.6 Å². The van der Waals surface area contributed by atoms with Gasteiger partial charge in [0, 0.05) is 13.0 Å². The molecule has 1 fully saturated rings. The van der Waals surface area contributed by atoms with Gasteiger partial charge in [-0.25, -0.2) is 4.98 Å². The highest BCUT2D eigenvalue weighted by molar-refractivity contribution is 6.17. The number of imidazole rings is 1.